The zero-order valence-electron chi connectivity index (χ0n) is 15.8. The number of halogens is 5. The van der Waals surface area contributed by atoms with Crippen molar-refractivity contribution in [3.8, 4) is 11.4 Å². The highest BCUT2D eigenvalue weighted by molar-refractivity contribution is 9.10. The van der Waals surface area contributed by atoms with Gasteiger partial charge >= 0.3 is 6.18 Å². The fourth-order valence-electron chi connectivity index (χ4n) is 2.93. The summed E-state index contributed by atoms with van der Waals surface area (Å²) in [7, 11) is 1.87. The molecule has 0 unspecified atom stereocenters. The highest BCUT2D eigenvalue weighted by Gasteiger charge is 2.31. The fourth-order valence-corrected chi connectivity index (χ4v) is 3.57. The summed E-state index contributed by atoms with van der Waals surface area (Å²) in [4.78, 5) is 9.07. The predicted molar refractivity (Wildman–Crippen MR) is 114 cm³/mol. The Kier molecular flexibility index (Phi) is 6.65. The van der Waals surface area contributed by atoms with Crippen molar-refractivity contribution in [2.45, 2.75) is 19.5 Å². The Balaban J connectivity index is 2.15. The number of nitrogens with zero attached hydrogens (tertiary/aromatic N) is 2. The average molecular weight is 488 g/mol. The Hall–Kier alpha value is -1.90. The van der Waals surface area contributed by atoms with Crippen LogP contribution in [0.5, 0.6) is 0 Å². The van der Waals surface area contributed by atoms with E-state index in [2.05, 4.69) is 36.5 Å². The van der Waals surface area contributed by atoms with Gasteiger partial charge in [-0.3, -0.25) is 0 Å². The Morgan fingerprint density at radius 2 is 1.86 bits per heavy atom. The van der Waals surface area contributed by atoms with Crippen LogP contribution >= 0.6 is 27.5 Å². The van der Waals surface area contributed by atoms with E-state index in [0.717, 1.165) is 36.0 Å². The number of fused-ring (bicyclic) bond motifs is 1. The smallest absolute Gasteiger partial charge is 0.369 e. The largest absolute Gasteiger partial charge is 0.416 e. The molecule has 0 aliphatic heterocycles. The van der Waals surface area contributed by atoms with Crippen LogP contribution in [-0.4, -0.2) is 30.1 Å². The van der Waals surface area contributed by atoms with Gasteiger partial charge in [-0.1, -0.05) is 27.5 Å². The first-order valence-electron chi connectivity index (χ1n) is 8.94. The van der Waals surface area contributed by atoms with Crippen molar-refractivity contribution >= 4 is 44.3 Å². The lowest BCUT2D eigenvalue weighted by Crippen LogP contribution is -2.14. The van der Waals surface area contributed by atoms with Gasteiger partial charge in [0, 0.05) is 27.0 Å². The van der Waals surface area contributed by atoms with Crippen molar-refractivity contribution in [3.63, 3.8) is 0 Å². The van der Waals surface area contributed by atoms with Crippen LogP contribution in [0, 0.1) is 6.92 Å². The van der Waals surface area contributed by atoms with Gasteiger partial charge in [0.15, 0.2) is 5.82 Å². The first-order chi connectivity index (χ1) is 13.7. The molecule has 0 bridgehead atoms. The molecule has 2 aromatic carbocycles. The lowest BCUT2D eigenvalue weighted by Gasteiger charge is -2.14. The van der Waals surface area contributed by atoms with Gasteiger partial charge in [0.2, 0.25) is 0 Å². The van der Waals surface area contributed by atoms with E-state index in [1.54, 1.807) is 12.1 Å². The second-order valence-corrected chi connectivity index (χ2v) is 7.90. The number of hydrogen-bond acceptors (Lipinski definition) is 4. The molecule has 0 aliphatic rings. The zero-order valence-corrected chi connectivity index (χ0v) is 18.1. The predicted octanol–water partition coefficient (Wildman–Crippen LogP) is 6.06. The third-order valence-electron chi connectivity index (χ3n) is 4.43. The van der Waals surface area contributed by atoms with E-state index in [0.29, 0.717) is 27.4 Å². The molecular formula is C20H19BrClF3N4. The van der Waals surface area contributed by atoms with E-state index in [1.165, 1.54) is 0 Å². The van der Waals surface area contributed by atoms with E-state index >= 15 is 0 Å². The van der Waals surface area contributed by atoms with Crippen LogP contribution in [0.15, 0.2) is 34.8 Å². The molecule has 2 N–H and O–H groups in total. The van der Waals surface area contributed by atoms with Crippen molar-refractivity contribution in [2.75, 3.05) is 25.5 Å². The Morgan fingerprint density at radius 1 is 1.10 bits per heavy atom. The third kappa shape index (κ3) is 4.99. The van der Waals surface area contributed by atoms with Crippen molar-refractivity contribution in [1.82, 2.24) is 15.3 Å². The van der Waals surface area contributed by atoms with Crippen molar-refractivity contribution in [3.05, 3.63) is 51.0 Å². The van der Waals surface area contributed by atoms with Gasteiger partial charge in [-0.25, -0.2) is 9.97 Å². The summed E-state index contributed by atoms with van der Waals surface area (Å²) in [6, 6.07) is 7.24. The molecule has 1 aromatic heterocycles. The van der Waals surface area contributed by atoms with Crippen LogP contribution < -0.4 is 10.6 Å². The van der Waals surface area contributed by atoms with Gasteiger partial charge in [-0.15, -0.1) is 0 Å². The molecule has 3 rings (SSSR count). The summed E-state index contributed by atoms with van der Waals surface area (Å²) in [6.07, 6.45) is -3.61. The molecule has 0 atom stereocenters. The lowest BCUT2D eigenvalue weighted by atomic mass is 10.1. The minimum atomic E-state index is -4.47. The first kappa shape index (κ1) is 21.8. The molecule has 0 amide bonds. The summed E-state index contributed by atoms with van der Waals surface area (Å²) in [5, 5.41) is 7.65. The monoisotopic (exact) mass is 486 g/mol. The molecule has 29 heavy (non-hydrogen) atoms. The molecule has 0 saturated heterocycles. The number of rotatable bonds is 6. The summed E-state index contributed by atoms with van der Waals surface area (Å²) in [5.41, 5.74) is 0.854. The molecule has 1 heterocycles. The second-order valence-electron chi connectivity index (χ2n) is 6.57. The van der Waals surface area contributed by atoms with Crippen molar-refractivity contribution in [1.29, 1.82) is 0 Å². The van der Waals surface area contributed by atoms with Crippen LogP contribution in [0.4, 0.5) is 19.0 Å². The Labute approximate surface area is 180 Å². The number of hydrogen-bond donors (Lipinski definition) is 2. The maximum atomic E-state index is 13.3. The van der Waals surface area contributed by atoms with E-state index in [4.69, 9.17) is 11.6 Å². The number of nitrogens with one attached hydrogen (secondary N) is 2. The van der Waals surface area contributed by atoms with Gasteiger partial charge in [-0.2, -0.15) is 13.2 Å². The quantitative estimate of drug-likeness (QED) is 0.415. The molecule has 0 aliphatic carbocycles. The fraction of sp³-hybridized carbons (Fsp3) is 0.300. The molecule has 0 saturated carbocycles. The Morgan fingerprint density at radius 3 is 2.55 bits per heavy atom. The van der Waals surface area contributed by atoms with Gasteiger partial charge in [0.25, 0.3) is 0 Å². The van der Waals surface area contributed by atoms with Crippen LogP contribution in [-0.2, 0) is 6.18 Å². The first-order valence-corrected chi connectivity index (χ1v) is 10.1. The summed E-state index contributed by atoms with van der Waals surface area (Å²) in [5.74, 6) is 0.764. The van der Waals surface area contributed by atoms with E-state index < -0.39 is 11.7 Å². The van der Waals surface area contributed by atoms with Crippen molar-refractivity contribution < 1.29 is 13.2 Å². The SMILES string of the molecule is CNCCCNc1nc(-c2cc(Br)cc(C(F)(F)F)c2)nc2c(C)c(Cl)ccc12. The molecule has 154 valence electrons. The van der Waals surface area contributed by atoms with Gasteiger partial charge in [0.05, 0.1) is 11.1 Å². The number of alkyl halides is 3. The van der Waals surface area contributed by atoms with Crippen LogP contribution in [0.1, 0.15) is 17.5 Å². The minimum Gasteiger partial charge on any atom is -0.369 e. The van der Waals surface area contributed by atoms with Crippen LogP contribution in [0.3, 0.4) is 0 Å². The Bertz CT molecular complexity index is 1040. The third-order valence-corrected chi connectivity index (χ3v) is 5.30. The molecule has 0 spiro atoms. The topological polar surface area (TPSA) is 49.8 Å². The molecule has 4 nitrogen and oxygen atoms in total. The van der Waals surface area contributed by atoms with E-state index in [1.807, 2.05) is 20.0 Å². The number of benzene rings is 2. The molecule has 9 heteroatoms. The molecule has 0 radical (unpaired) electrons. The average Bonchev–Trinajstić information content (AvgIpc) is 2.67. The minimum absolute atomic E-state index is 0.200. The van der Waals surface area contributed by atoms with Crippen LogP contribution in [0.25, 0.3) is 22.3 Å². The van der Waals surface area contributed by atoms with Crippen LogP contribution in [0.2, 0.25) is 5.02 Å². The number of aromatic nitrogens is 2. The van der Waals surface area contributed by atoms with Gasteiger partial charge < -0.3 is 10.6 Å². The van der Waals surface area contributed by atoms with Gasteiger partial charge in [0.1, 0.15) is 5.82 Å². The lowest BCUT2D eigenvalue weighted by molar-refractivity contribution is -0.137. The summed E-state index contributed by atoms with van der Waals surface area (Å²) < 4.78 is 40.1. The second kappa shape index (κ2) is 8.85. The van der Waals surface area contributed by atoms with E-state index in [9.17, 15) is 13.2 Å². The normalized spacial score (nSPS) is 11.8. The summed E-state index contributed by atoms with van der Waals surface area (Å²) >= 11 is 9.41. The standard InChI is InChI=1S/C20H19BrClF3N4/c1-11-16(22)5-4-15-17(11)28-18(29-19(15)27-7-3-6-26-2)12-8-13(20(23,24)25)10-14(21)9-12/h4-5,8-10,26H,3,6-7H2,1-2H3,(H,27,28,29). The van der Waals surface area contributed by atoms with E-state index in [-0.39, 0.29) is 11.4 Å². The molecule has 3 aromatic rings. The van der Waals surface area contributed by atoms with Gasteiger partial charge in [-0.05, 0) is 62.8 Å². The van der Waals surface area contributed by atoms with Crippen molar-refractivity contribution in [2.24, 2.45) is 0 Å². The number of anilines is 1. The number of aryl methyl sites for hydroxylation is 1. The molecule has 0 fully saturated rings. The maximum Gasteiger partial charge on any atom is 0.416 e. The highest BCUT2D eigenvalue weighted by Crippen LogP contribution is 2.36. The zero-order chi connectivity index (χ0) is 21.2. The maximum absolute atomic E-state index is 13.3. The highest BCUT2D eigenvalue weighted by atomic mass is 79.9. The summed E-state index contributed by atoms with van der Waals surface area (Å²) in [6.45, 7) is 3.31. The molecular weight excluding hydrogens is 469 g/mol.